The number of nitrogens with one attached hydrogen (secondary N) is 2. The number of benzene rings is 1. The Morgan fingerprint density at radius 2 is 2.21 bits per heavy atom. The maximum absolute atomic E-state index is 9.75. The van der Waals surface area contributed by atoms with Gasteiger partial charge in [-0.1, -0.05) is 6.07 Å². The Balaban J connectivity index is 0.00000288. The van der Waals surface area contributed by atoms with Crippen LogP contribution in [-0.4, -0.2) is 41.8 Å². The third-order valence-corrected chi connectivity index (χ3v) is 5.01. The SMILES string of the molecule is CCNC(=NCc1ccc(O)c(OCC)c1)NCC1CCCS1.I. The maximum atomic E-state index is 9.75. The van der Waals surface area contributed by atoms with E-state index in [-0.39, 0.29) is 29.7 Å². The molecule has 0 bridgehead atoms. The quantitative estimate of drug-likeness (QED) is 0.328. The summed E-state index contributed by atoms with van der Waals surface area (Å²) in [6.45, 7) is 6.84. The molecule has 7 heteroatoms. The van der Waals surface area contributed by atoms with Crippen LogP contribution >= 0.6 is 35.7 Å². The Bertz CT molecular complexity index is 523. The van der Waals surface area contributed by atoms with Crippen LogP contribution in [0.15, 0.2) is 23.2 Å². The number of phenols is 1. The molecule has 0 aliphatic carbocycles. The Morgan fingerprint density at radius 1 is 1.38 bits per heavy atom. The summed E-state index contributed by atoms with van der Waals surface area (Å²) in [5.41, 5.74) is 1.01. The van der Waals surface area contributed by atoms with Gasteiger partial charge in [0.1, 0.15) is 0 Å². The van der Waals surface area contributed by atoms with Crippen molar-refractivity contribution in [1.29, 1.82) is 0 Å². The van der Waals surface area contributed by atoms with Gasteiger partial charge in [-0.2, -0.15) is 11.8 Å². The zero-order valence-electron chi connectivity index (χ0n) is 14.4. The van der Waals surface area contributed by atoms with Gasteiger partial charge in [-0.05, 0) is 50.1 Å². The number of guanidine groups is 1. The molecule has 3 N–H and O–H groups in total. The first kappa shape index (κ1) is 21.2. The minimum absolute atomic E-state index is 0. The number of phenolic OH excluding ortho intramolecular Hbond substituents is 1. The smallest absolute Gasteiger partial charge is 0.191 e. The molecule has 1 aromatic rings. The number of halogens is 1. The highest BCUT2D eigenvalue weighted by molar-refractivity contribution is 14.0. The third kappa shape index (κ3) is 6.96. The normalized spacial score (nSPS) is 17.2. The Labute approximate surface area is 166 Å². The summed E-state index contributed by atoms with van der Waals surface area (Å²) in [5, 5.41) is 17.1. The molecule has 0 radical (unpaired) electrons. The fourth-order valence-corrected chi connectivity index (χ4v) is 3.66. The van der Waals surface area contributed by atoms with Crippen LogP contribution in [-0.2, 0) is 6.54 Å². The number of aliphatic imine (C=N–C) groups is 1. The first-order valence-electron chi connectivity index (χ1n) is 8.31. The van der Waals surface area contributed by atoms with Gasteiger partial charge < -0.3 is 20.5 Å². The molecule has 5 nitrogen and oxygen atoms in total. The molecule has 1 heterocycles. The van der Waals surface area contributed by atoms with Crippen molar-refractivity contribution in [3.63, 3.8) is 0 Å². The molecule has 1 aromatic carbocycles. The van der Waals surface area contributed by atoms with Gasteiger partial charge in [-0.15, -0.1) is 24.0 Å². The Kier molecular flexibility index (Phi) is 10.3. The van der Waals surface area contributed by atoms with Crippen LogP contribution in [0, 0.1) is 0 Å². The van der Waals surface area contributed by atoms with E-state index in [2.05, 4.69) is 22.5 Å². The number of hydrogen-bond acceptors (Lipinski definition) is 4. The van der Waals surface area contributed by atoms with Gasteiger partial charge in [-0.25, -0.2) is 4.99 Å². The van der Waals surface area contributed by atoms with E-state index in [9.17, 15) is 5.11 Å². The van der Waals surface area contributed by atoms with Crippen molar-refractivity contribution in [1.82, 2.24) is 10.6 Å². The summed E-state index contributed by atoms with van der Waals surface area (Å²) in [6, 6.07) is 5.38. The molecule has 24 heavy (non-hydrogen) atoms. The van der Waals surface area contributed by atoms with Crippen molar-refractivity contribution in [2.24, 2.45) is 4.99 Å². The molecule has 1 aliphatic heterocycles. The summed E-state index contributed by atoms with van der Waals surface area (Å²) >= 11 is 2.04. The molecule has 2 rings (SSSR count). The lowest BCUT2D eigenvalue weighted by Gasteiger charge is -2.14. The summed E-state index contributed by atoms with van der Waals surface area (Å²) < 4.78 is 5.41. The number of aromatic hydroxyl groups is 1. The highest BCUT2D eigenvalue weighted by Gasteiger charge is 2.15. The molecular weight excluding hydrogens is 437 g/mol. The van der Waals surface area contributed by atoms with Gasteiger partial charge in [0.15, 0.2) is 17.5 Å². The van der Waals surface area contributed by atoms with Gasteiger partial charge in [0.05, 0.1) is 13.2 Å². The highest BCUT2D eigenvalue weighted by atomic mass is 127. The van der Waals surface area contributed by atoms with Gasteiger partial charge in [0.25, 0.3) is 0 Å². The second-order valence-corrected chi connectivity index (χ2v) is 6.85. The lowest BCUT2D eigenvalue weighted by atomic mass is 10.2. The minimum atomic E-state index is 0. The molecule has 1 unspecified atom stereocenters. The Morgan fingerprint density at radius 3 is 2.88 bits per heavy atom. The molecule has 1 atom stereocenters. The molecule has 1 aliphatic rings. The second kappa shape index (κ2) is 11.7. The minimum Gasteiger partial charge on any atom is -0.504 e. The summed E-state index contributed by atoms with van der Waals surface area (Å²) in [5.74, 6) is 2.79. The molecule has 1 fully saturated rings. The van der Waals surface area contributed by atoms with E-state index in [1.165, 1.54) is 18.6 Å². The first-order chi connectivity index (χ1) is 11.2. The molecular formula is C17H28IN3O2S. The fourth-order valence-electron chi connectivity index (χ4n) is 2.46. The van der Waals surface area contributed by atoms with Crippen molar-refractivity contribution in [3.8, 4) is 11.5 Å². The van der Waals surface area contributed by atoms with Crippen LogP contribution in [0.4, 0.5) is 0 Å². The Hall–Kier alpha value is -0.830. The maximum Gasteiger partial charge on any atom is 0.191 e. The van der Waals surface area contributed by atoms with Gasteiger partial charge in [0, 0.05) is 18.3 Å². The van der Waals surface area contributed by atoms with Crippen LogP contribution in [0.3, 0.4) is 0 Å². The molecule has 0 spiro atoms. The van der Waals surface area contributed by atoms with Gasteiger partial charge in [0.2, 0.25) is 0 Å². The lowest BCUT2D eigenvalue weighted by molar-refractivity contribution is 0.318. The second-order valence-electron chi connectivity index (χ2n) is 5.45. The average molecular weight is 465 g/mol. The van der Waals surface area contributed by atoms with Crippen LogP contribution in [0.1, 0.15) is 32.3 Å². The van der Waals surface area contributed by atoms with Crippen LogP contribution < -0.4 is 15.4 Å². The molecule has 1 saturated heterocycles. The summed E-state index contributed by atoms with van der Waals surface area (Å²) in [6.07, 6.45) is 2.60. The lowest BCUT2D eigenvalue weighted by Crippen LogP contribution is -2.40. The highest BCUT2D eigenvalue weighted by Crippen LogP contribution is 2.27. The third-order valence-electron chi connectivity index (χ3n) is 3.61. The standard InChI is InChI=1S/C17H27N3O2S.HI/c1-3-18-17(20-12-14-6-5-9-23-14)19-11-13-7-8-15(21)16(10-13)22-4-2;/h7-8,10,14,21H,3-6,9,11-12H2,1-2H3,(H2,18,19,20);1H. The molecule has 0 amide bonds. The van der Waals surface area contributed by atoms with Crippen molar-refractivity contribution >= 4 is 41.7 Å². The van der Waals surface area contributed by atoms with E-state index in [0.717, 1.165) is 24.6 Å². The first-order valence-corrected chi connectivity index (χ1v) is 9.36. The average Bonchev–Trinajstić information content (AvgIpc) is 3.06. The fraction of sp³-hybridized carbons (Fsp3) is 0.588. The number of hydrogen-bond donors (Lipinski definition) is 3. The van der Waals surface area contributed by atoms with E-state index in [4.69, 9.17) is 4.74 Å². The molecule has 0 aromatic heterocycles. The van der Waals surface area contributed by atoms with Crippen molar-refractivity contribution in [2.45, 2.75) is 38.5 Å². The predicted molar refractivity (Wildman–Crippen MR) is 113 cm³/mol. The predicted octanol–water partition coefficient (Wildman–Crippen LogP) is 3.36. The number of thioether (sulfide) groups is 1. The van der Waals surface area contributed by atoms with Crippen LogP contribution in [0.5, 0.6) is 11.5 Å². The van der Waals surface area contributed by atoms with E-state index < -0.39 is 0 Å². The topological polar surface area (TPSA) is 65.9 Å². The van der Waals surface area contributed by atoms with Crippen molar-refractivity contribution in [3.05, 3.63) is 23.8 Å². The van der Waals surface area contributed by atoms with Crippen molar-refractivity contribution < 1.29 is 9.84 Å². The molecule has 0 saturated carbocycles. The van der Waals surface area contributed by atoms with E-state index in [1.54, 1.807) is 6.07 Å². The largest absolute Gasteiger partial charge is 0.504 e. The van der Waals surface area contributed by atoms with E-state index in [1.807, 2.05) is 30.8 Å². The van der Waals surface area contributed by atoms with E-state index >= 15 is 0 Å². The van der Waals surface area contributed by atoms with Gasteiger partial charge >= 0.3 is 0 Å². The van der Waals surface area contributed by atoms with E-state index in [0.29, 0.717) is 24.2 Å². The zero-order chi connectivity index (χ0) is 16.5. The van der Waals surface area contributed by atoms with Crippen LogP contribution in [0.25, 0.3) is 0 Å². The summed E-state index contributed by atoms with van der Waals surface area (Å²) in [7, 11) is 0. The molecule has 136 valence electrons. The van der Waals surface area contributed by atoms with Gasteiger partial charge in [-0.3, -0.25) is 0 Å². The number of nitrogens with zero attached hydrogens (tertiary/aromatic N) is 1. The summed E-state index contributed by atoms with van der Waals surface area (Å²) in [4.78, 5) is 4.62. The van der Waals surface area contributed by atoms with Crippen molar-refractivity contribution in [2.75, 3.05) is 25.4 Å². The number of ether oxygens (including phenoxy) is 1. The number of rotatable bonds is 7. The van der Waals surface area contributed by atoms with Crippen LogP contribution in [0.2, 0.25) is 0 Å². The monoisotopic (exact) mass is 465 g/mol. The zero-order valence-corrected chi connectivity index (χ0v) is 17.5.